The summed E-state index contributed by atoms with van der Waals surface area (Å²) in [7, 11) is 0. The van der Waals surface area contributed by atoms with E-state index in [-0.39, 0.29) is 6.54 Å². The Morgan fingerprint density at radius 3 is 1.20 bits per heavy atom. The normalized spacial score (nSPS) is 12.6. The quantitative estimate of drug-likeness (QED) is 0.106. The zero-order valence-corrected chi connectivity index (χ0v) is 29.0. The number of esters is 2. The van der Waals surface area contributed by atoms with E-state index in [4.69, 9.17) is 9.47 Å². The van der Waals surface area contributed by atoms with Crippen LogP contribution in [0.3, 0.4) is 0 Å². The van der Waals surface area contributed by atoms with Crippen LogP contribution in [0.15, 0.2) is 136 Å². The fourth-order valence-electron chi connectivity index (χ4n) is 6.76. The van der Waals surface area contributed by atoms with E-state index in [1.165, 1.54) is 6.08 Å². The van der Waals surface area contributed by atoms with E-state index in [1.807, 2.05) is 60.7 Å². The molecule has 0 radical (unpaired) electrons. The molecule has 0 fully saturated rings. The molecule has 1 aromatic heterocycles. The van der Waals surface area contributed by atoms with Crippen molar-refractivity contribution >= 4 is 55.0 Å². The van der Waals surface area contributed by atoms with Crippen LogP contribution in [0.25, 0.3) is 43.1 Å². The molecule has 0 aliphatic heterocycles. The summed E-state index contributed by atoms with van der Waals surface area (Å²) in [5, 5.41) is 27.8. The molecule has 54 heavy (non-hydrogen) atoms. The van der Waals surface area contributed by atoms with Gasteiger partial charge in [-0.15, -0.1) is 6.58 Å². The monoisotopic (exact) mass is 725 g/mol. The first-order chi connectivity index (χ1) is 26.2. The van der Waals surface area contributed by atoms with Gasteiger partial charge in [0.2, 0.25) is 0 Å². The Morgan fingerprint density at radius 2 is 0.870 bits per heavy atom. The first-order valence-electron chi connectivity index (χ1n) is 17.2. The molecule has 12 heteroatoms. The number of rotatable bonds is 12. The van der Waals surface area contributed by atoms with E-state index in [0.29, 0.717) is 41.8 Å². The molecule has 272 valence electrons. The topological polar surface area (TPSA) is 159 Å². The van der Waals surface area contributed by atoms with Crippen LogP contribution in [0.2, 0.25) is 0 Å². The summed E-state index contributed by atoms with van der Waals surface area (Å²) in [5.74, 6) is -1.42. The van der Waals surface area contributed by atoms with Crippen LogP contribution >= 0.6 is 0 Å². The van der Waals surface area contributed by atoms with Gasteiger partial charge in [-0.2, -0.15) is 0 Å². The first-order valence-corrected chi connectivity index (χ1v) is 17.2. The largest absolute Gasteiger partial charge is 0.459 e. The summed E-state index contributed by atoms with van der Waals surface area (Å²) >= 11 is 0. The first kappa shape index (κ1) is 35.8. The second kappa shape index (κ2) is 15.2. The maximum atomic E-state index is 13.6. The zero-order chi connectivity index (χ0) is 37.9. The van der Waals surface area contributed by atoms with Crippen LogP contribution in [0, 0.1) is 0 Å². The Morgan fingerprint density at radius 1 is 0.556 bits per heavy atom. The molecule has 0 saturated heterocycles. The van der Waals surface area contributed by atoms with Crippen molar-refractivity contribution < 1.29 is 29.3 Å². The number of nitrogens with zero attached hydrogens (tertiary/aromatic N) is 3. The number of ether oxygens (including phenoxy) is 2. The average Bonchev–Trinajstić information content (AvgIpc) is 3.19. The summed E-state index contributed by atoms with van der Waals surface area (Å²) in [4.78, 5) is 67.2. The Labute approximate surface area is 307 Å². The molecule has 2 unspecified atom stereocenters. The summed E-state index contributed by atoms with van der Waals surface area (Å²) < 4.78 is 13.0. The van der Waals surface area contributed by atoms with Crippen molar-refractivity contribution in [2.45, 2.75) is 31.8 Å². The number of hydrogen-bond acceptors (Lipinski definition) is 9. The average molecular weight is 726 g/mol. The number of aliphatic hydroxyl groups is 2. The minimum Gasteiger partial charge on any atom is -0.459 e. The van der Waals surface area contributed by atoms with E-state index in [1.54, 1.807) is 48.5 Å². The van der Waals surface area contributed by atoms with Gasteiger partial charge in [-0.25, -0.2) is 37.7 Å². The number of aromatic nitrogens is 3. The molecule has 0 aliphatic rings. The highest BCUT2D eigenvalue weighted by atomic mass is 16.5. The van der Waals surface area contributed by atoms with Crippen LogP contribution in [0.1, 0.15) is 20.7 Å². The number of aliphatic hydroxyl groups excluding tert-OH is 2. The Hall–Kier alpha value is -6.63. The third-order valence-electron chi connectivity index (χ3n) is 9.25. The highest BCUT2D eigenvalue weighted by Gasteiger charge is 2.23. The van der Waals surface area contributed by atoms with Crippen LogP contribution in [-0.4, -0.2) is 61.3 Å². The molecule has 0 aliphatic carbocycles. The Balaban J connectivity index is 1.10. The smallest absolute Gasteiger partial charge is 0.339 e. The number of carbonyl (C=O) groups is 2. The van der Waals surface area contributed by atoms with Gasteiger partial charge in [0.05, 0.1) is 30.8 Å². The second-order valence-corrected chi connectivity index (χ2v) is 12.9. The van der Waals surface area contributed by atoms with E-state index in [9.17, 15) is 34.2 Å². The molecule has 0 spiro atoms. The molecule has 2 atom stereocenters. The van der Waals surface area contributed by atoms with Gasteiger partial charge in [0.15, 0.2) is 0 Å². The molecule has 6 aromatic carbocycles. The van der Waals surface area contributed by atoms with Crippen molar-refractivity contribution in [1.29, 1.82) is 0 Å². The Kier molecular flexibility index (Phi) is 10.0. The molecule has 1 heterocycles. The van der Waals surface area contributed by atoms with Crippen molar-refractivity contribution in [1.82, 2.24) is 13.7 Å². The predicted octanol–water partition coefficient (Wildman–Crippen LogP) is 4.41. The molecule has 2 N–H and O–H groups in total. The number of hydrogen-bond donors (Lipinski definition) is 2. The molecular formula is C42H35N3O9. The van der Waals surface area contributed by atoms with Gasteiger partial charge in [0.25, 0.3) is 0 Å². The standard InChI is InChI=1S/C42H35N3O9/c1-2-19-43-40(50)44(22-30(46)24-53-38(48)36-32-15-7-3-11-26(32)20-27-12-4-8-16-33(27)36)42(52)45(41(43)51)23-31(47)25-54-39(49)37-34-17-9-5-13-28(34)21-29-14-6-10-18-35(29)37/h2-18,20-21,30-31,46-47H,1,19,22-25H2. The van der Waals surface area contributed by atoms with Crippen molar-refractivity contribution in [3.05, 3.63) is 164 Å². The third-order valence-corrected chi connectivity index (χ3v) is 9.25. The molecule has 0 saturated carbocycles. The number of carbonyl (C=O) groups excluding carboxylic acids is 2. The van der Waals surface area contributed by atoms with Crippen LogP contribution < -0.4 is 17.1 Å². The zero-order valence-electron chi connectivity index (χ0n) is 29.0. The highest BCUT2D eigenvalue weighted by Crippen LogP contribution is 2.30. The number of benzene rings is 6. The second-order valence-electron chi connectivity index (χ2n) is 12.9. The van der Waals surface area contributed by atoms with Crippen molar-refractivity contribution in [3.63, 3.8) is 0 Å². The van der Waals surface area contributed by atoms with Crippen molar-refractivity contribution in [2.24, 2.45) is 0 Å². The third kappa shape index (κ3) is 6.83. The van der Waals surface area contributed by atoms with Gasteiger partial charge >= 0.3 is 29.0 Å². The maximum absolute atomic E-state index is 13.6. The van der Waals surface area contributed by atoms with E-state index in [2.05, 4.69) is 6.58 Å². The highest BCUT2D eigenvalue weighted by molar-refractivity contribution is 6.17. The SMILES string of the molecule is C=CCn1c(=O)n(CC(O)COC(=O)c2c3ccccc3cc3ccccc23)c(=O)n(CC(O)COC(=O)c2c3ccccc3cc3ccccc23)c1=O. The van der Waals surface area contributed by atoms with Crippen LogP contribution in [0.4, 0.5) is 0 Å². The van der Waals surface area contributed by atoms with Gasteiger partial charge in [0, 0.05) is 0 Å². The lowest BCUT2D eigenvalue weighted by atomic mass is 9.97. The lowest BCUT2D eigenvalue weighted by molar-refractivity contribution is 0.0193. The maximum Gasteiger partial charge on any atom is 0.339 e. The minimum absolute atomic E-state index is 0.281. The number of allylic oxidation sites excluding steroid dienone is 1. The lowest BCUT2D eigenvalue weighted by Gasteiger charge is -2.18. The minimum atomic E-state index is -1.54. The van der Waals surface area contributed by atoms with Gasteiger partial charge in [0.1, 0.15) is 25.4 Å². The molecule has 0 amide bonds. The van der Waals surface area contributed by atoms with Crippen LogP contribution in [0.5, 0.6) is 0 Å². The summed E-state index contributed by atoms with van der Waals surface area (Å²) in [6.07, 6.45) is -1.79. The fourth-order valence-corrected chi connectivity index (χ4v) is 6.76. The van der Waals surface area contributed by atoms with Crippen molar-refractivity contribution in [2.75, 3.05) is 13.2 Å². The lowest BCUT2D eigenvalue weighted by Crippen LogP contribution is -2.56. The van der Waals surface area contributed by atoms with E-state index >= 15 is 0 Å². The molecular weight excluding hydrogens is 690 g/mol. The summed E-state index contributed by atoms with van der Waals surface area (Å²) in [6.45, 7) is 0.853. The summed E-state index contributed by atoms with van der Waals surface area (Å²) in [5.41, 5.74) is -2.58. The molecule has 7 aromatic rings. The summed E-state index contributed by atoms with van der Waals surface area (Å²) in [6, 6.07) is 33.2. The van der Waals surface area contributed by atoms with Gasteiger partial charge in [-0.1, -0.05) is 103 Å². The van der Waals surface area contributed by atoms with Crippen LogP contribution in [-0.2, 0) is 29.1 Å². The van der Waals surface area contributed by atoms with Gasteiger partial charge in [-0.05, 0) is 55.2 Å². The molecule has 0 bridgehead atoms. The van der Waals surface area contributed by atoms with Gasteiger partial charge < -0.3 is 19.7 Å². The van der Waals surface area contributed by atoms with E-state index in [0.717, 1.165) is 26.1 Å². The predicted molar refractivity (Wildman–Crippen MR) is 205 cm³/mol. The Bertz CT molecular complexity index is 2490. The number of fused-ring (bicyclic) bond motifs is 4. The van der Waals surface area contributed by atoms with Gasteiger partial charge in [-0.3, -0.25) is 0 Å². The molecule has 12 nitrogen and oxygen atoms in total. The van der Waals surface area contributed by atoms with Crippen molar-refractivity contribution in [3.8, 4) is 0 Å². The molecule has 7 rings (SSSR count). The van der Waals surface area contributed by atoms with E-state index < -0.39 is 67.5 Å². The fraction of sp³-hybridized carbons (Fsp3) is 0.167.